The number of nitrogens with zero attached hydrogens (tertiary/aromatic N) is 2. The van der Waals surface area contributed by atoms with Gasteiger partial charge in [-0.3, -0.25) is 4.79 Å². The summed E-state index contributed by atoms with van der Waals surface area (Å²) >= 11 is 0. The number of pyridine rings is 2. The molecule has 0 saturated carbocycles. The minimum absolute atomic E-state index is 0.0532. The Morgan fingerprint density at radius 3 is 2.86 bits per heavy atom. The average Bonchev–Trinajstić information content (AvgIpc) is 3.03. The van der Waals surface area contributed by atoms with Crippen LogP contribution in [0.2, 0.25) is 0 Å². The molecule has 0 radical (unpaired) electrons. The van der Waals surface area contributed by atoms with Crippen LogP contribution in [-0.4, -0.2) is 23.1 Å². The van der Waals surface area contributed by atoms with Gasteiger partial charge in [0.25, 0.3) is 0 Å². The second-order valence-electron chi connectivity index (χ2n) is 5.83. The van der Waals surface area contributed by atoms with Crippen molar-refractivity contribution in [3.63, 3.8) is 0 Å². The summed E-state index contributed by atoms with van der Waals surface area (Å²) in [6.07, 6.45) is 5.42. The molecule has 4 rings (SSSR count). The summed E-state index contributed by atoms with van der Waals surface area (Å²) < 4.78 is 0. The van der Waals surface area contributed by atoms with E-state index in [1.165, 1.54) is 19.3 Å². The van der Waals surface area contributed by atoms with Crippen LogP contribution in [-0.2, 0) is 6.54 Å². The molecular formula is C16H19N5O. The van der Waals surface area contributed by atoms with E-state index in [4.69, 9.17) is 0 Å². The number of anilines is 2. The lowest BCUT2D eigenvalue weighted by molar-refractivity contribution is 0.573. The number of nitrogens with one attached hydrogen (secondary N) is 3. The SMILES string of the molecule is O=c1cc(-c2ccnc3c2CNN3)cc(N2CCCCC2)[nH]1. The molecule has 4 heterocycles. The summed E-state index contributed by atoms with van der Waals surface area (Å²) in [6.45, 7) is 2.73. The number of piperidine rings is 1. The lowest BCUT2D eigenvalue weighted by Crippen LogP contribution is -2.31. The van der Waals surface area contributed by atoms with Crippen LogP contribution in [0.4, 0.5) is 11.6 Å². The van der Waals surface area contributed by atoms with E-state index >= 15 is 0 Å². The quantitative estimate of drug-likeness (QED) is 0.789. The Morgan fingerprint density at radius 1 is 1.14 bits per heavy atom. The van der Waals surface area contributed by atoms with Gasteiger partial charge in [-0.2, -0.15) is 0 Å². The van der Waals surface area contributed by atoms with E-state index in [0.29, 0.717) is 6.54 Å². The van der Waals surface area contributed by atoms with Gasteiger partial charge < -0.3 is 15.3 Å². The van der Waals surface area contributed by atoms with Crippen molar-refractivity contribution in [2.24, 2.45) is 0 Å². The van der Waals surface area contributed by atoms with Crippen molar-refractivity contribution in [3.8, 4) is 11.1 Å². The molecule has 0 bridgehead atoms. The summed E-state index contributed by atoms with van der Waals surface area (Å²) in [5.41, 5.74) is 9.20. The monoisotopic (exact) mass is 297 g/mol. The molecule has 0 aliphatic carbocycles. The molecule has 114 valence electrons. The van der Waals surface area contributed by atoms with Crippen molar-refractivity contribution in [2.75, 3.05) is 23.4 Å². The normalized spacial score (nSPS) is 17.2. The number of hydrogen-bond acceptors (Lipinski definition) is 5. The van der Waals surface area contributed by atoms with Crippen LogP contribution >= 0.6 is 0 Å². The van der Waals surface area contributed by atoms with Gasteiger partial charge in [-0.25, -0.2) is 10.4 Å². The highest BCUT2D eigenvalue weighted by Gasteiger charge is 2.18. The maximum absolute atomic E-state index is 12.1. The van der Waals surface area contributed by atoms with Crippen molar-refractivity contribution in [1.82, 2.24) is 15.4 Å². The molecule has 2 aliphatic heterocycles. The van der Waals surface area contributed by atoms with Crippen LogP contribution in [0.1, 0.15) is 24.8 Å². The predicted octanol–water partition coefficient (Wildman–Crippen LogP) is 1.86. The van der Waals surface area contributed by atoms with Gasteiger partial charge >= 0.3 is 0 Å². The van der Waals surface area contributed by atoms with Crippen LogP contribution < -0.4 is 21.3 Å². The van der Waals surface area contributed by atoms with E-state index in [1.54, 1.807) is 12.3 Å². The number of aromatic amines is 1. The fourth-order valence-corrected chi connectivity index (χ4v) is 3.26. The second-order valence-corrected chi connectivity index (χ2v) is 5.83. The fourth-order valence-electron chi connectivity index (χ4n) is 3.26. The van der Waals surface area contributed by atoms with E-state index in [2.05, 4.69) is 31.8 Å². The van der Waals surface area contributed by atoms with E-state index in [-0.39, 0.29) is 5.56 Å². The highest BCUT2D eigenvalue weighted by molar-refractivity contribution is 5.74. The minimum Gasteiger partial charge on any atom is -0.358 e. The Bertz CT molecular complexity index is 748. The molecule has 1 fully saturated rings. The molecule has 2 aliphatic rings. The number of H-pyrrole nitrogens is 1. The number of aromatic nitrogens is 2. The maximum Gasteiger partial charge on any atom is 0.250 e. The zero-order chi connectivity index (χ0) is 14.9. The van der Waals surface area contributed by atoms with Crippen LogP contribution in [0.5, 0.6) is 0 Å². The van der Waals surface area contributed by atoms with Gasteiger partial charge in [-0.1, -0.05) is 0 Å². The molecule has 6 heteroatoms. The smallest absolute Gasteiger partial charge is 0.250 e. The molecule has 1 saturated heterocycles. The molecule has 22 heavy (non-hydrogen) atoms. The fraction of sp³-hybridized carbons (Fsp3) is 0.375. The molecule has 0 unspecified atom stereocenters. The zero-order valence-electron chi connectivity index (χ0n) is 12.4. The van der Waals surface area contributed by atoms with E-state index in [1.807, 2.05) is 6.07 Å². The Kier molecular flexibility index (Phi) is 3.31. The molecule has 2 aromatic heterocycles. The lowest BCUT2D eigenvalue weighted by Gasteiger charge is -2.28. The number of hydrazine groups is 1. The Labute approximate surface area is 128 Å². The Morgan fingerprint density at radius 2 is 2.00 bits per heavy atom. The molecule has 0 atom stereocenters. The van der Waals surface area contributed by atoms with E-state index < -0.39 is 0 Å². The largest absolute Gasteiger partial charge is 0.358 e. The van der Waals surface area contributed by atoms with Gasteiger partial charge in [0.15, 0.2) is 0 Å². The summed E-state index contributed by atoms with van der Waals surface area (Å²) in [5, 5.41) is 0. The molecule has 0 amide bonds. The molecule has 3 N–H and O–H groups in total. The zero-order valence-corrected chi connectivity index (χ0v) is 12.4. The summed E-state index contributed by atoms with van der Waals surface area (Å²) in [4.78, 5) is 21.7. The number of hydrogen-bond donors (Lipinski definition) is 3. The van der Waals surface area contributed by atoms with Gasteiger partial charge in [-0.05, 0) is 42.5 Å². The van der Waals surface area contributed by atoms with Crippen LogP contribution in [0, 0.1) is 0 Å². The van der Waals surface area contributed by atoms with E-state index in [9.17, 15) is 4.79 Å². The third-order valence-corrected chi connectivity index (χ3v) is 4.37. The van der Waals surface area contributed by atoms with Crippen LogP contribution in [0.25, 0.3) is 11.1 Å². The summed E-state index contributed by atoms with van der Waals surface area (Å²) in [5.74, 6) is 1.77. The molecule has 0 spiro atoms. The van der Waals surface area contributed by atoms with Gasteiger partial charge in [0.2, 0.25) is 5.56 Å². The van der Waals surface area contributed by atoms with Crippen molar-refractivity contribution in [3.05, 3.63) is 40.3 Å². The summed E-state index contributed by atoms with van der Waals surface area (Å²) in [7, 11) is 0. The van der Waals surface area contributed by atoms with Crippen LogP contribution in [0.15, 0.2) is 29.2 Å². The molecule has 6 nitrogen and oxygen atoms in total. The summed E-state index contributed by atoms with van der Waals surface area (Å²) in [6, 6.07) is 5.73. The molecule has 0 aromatic carbocycles. The Balaban J connectivity index is 1.78. The standard InChI is InChI=1S/C16H19N5O/c22-15-9-11(8-14(19-15)21-6-2-1-3-7-21)12-4-5-17-16-13(12)10-18-20-16/h4-5,8-9,18H,1-3,6-7,10H2,(H,17,20)(H,19,22). The average molecular weight is 297 g/mol. The predicted molar refractivity (Wildman–Crippen MR) is 86.8 cm³/mol. The third kappa shape index (κ3) is 2.35. The third-order valence-electron chi connectivity index (χ3n) is 4.37. The Hall–Kier alpha value is -2.34. The van der Waals surface area contributed by atoms with Gasteiger partial charge in [-0.15, -0.1) is 0 Å². The first-order valence-corrected chi connectivity index (χ1v) is 7.78. The molecular weight excluding hydrogens is 278 g/mol. The van der Waals surface area contributed by atoms with Gasteiger partial charge in [0.1, 0.15) is 11.6 Å². The minimum atomic E-state index is -0.0532. The van der Waals surface area contributed by atoms with E-state index in [0.717, 1.165) is 41.4 Å². The topological polar surface area (TPSA) is 73.1 Å². The second kappa shape index (κ2) is 5.46. The number of rotatable bonds is 2. The first kappa shape index (κ1) is 13.3. The molecule has 2 aromatic rings. The van der Waals surface area contributed by atoms with Crippen molar-refractivity contribution >= 4 is 11.6 Å². The van der Waals surface area contributed by atoms with Gasteiger partial charge in [0.05, 0.1) is 0 Å². The van der Waals surface area contributed by atoms with Crippen molar-refractivity contribution < 1.29 is 0 Å². The van der Waals surface area contributed by atoms with Crippen molar-refractivity contribution in [1.29, 1.82) is 0 Å². The number of fused-ring (bicyclic) bond motifs is 1. The first-order valence-electron chi connectivity index (χ1n) is 7.78. The maximum atomic E-state index is 12.1. The first-order chi connectivity index (χ1) is 10.8. The van der Waals surface area contributed by atoms with Crippen LogP contribution in [0.3, 0.4) is 0 Å². The highest BCUT2D eigenvalue weighted by Crippen LogP contribution is 2.30. The highest BCUT2D eigenvalue weighted by atomic mass is 16.1. The van der Waals surface area contributed by atoms with Crippen molar-refractivity contribution in [2.45, 2.75) is 25.8 Å². The van der Waals surface area contributed by atoms with Gasteiger partial charge in [0, 0.05) is 37.5 Å². The lowest BCUT2D eigenvalue weighted by atomic mass is 10.0.